The minimum Gasteiger partial charge on any atom is -0.303 e. The molecule has 1 fully saturated rings. The third kappa shape index (κ3) is 2.70. The number of aromatic nitrogens is 2. The predicted octanol–water partition coefficient (Wildman–Crippen LogP) is 4.30. The van der Waals surface area contributed by atoms with E-state index in [9.17, 15) is 4.79 Å². The highest BCUT2D eigenvalue weighted by Crippen LogP contribution is 2.37. The molecule has 3 heterocycles. The lowest BCUT2D eigenvalue weighted by Crippen LogP contribution is -2.47. The quantitative estimate of drug-likeness (QED) is 0.632. The number of rotatable bonds is 1. The normalized spacial score (nSPS) is 22.4. The second-order valence-corrected chi connectivity index (χ2v) is 8.13. The molecule has 5 rings (SSSR count). The molecule has 5 heteroatoms. The molecular weight excluding hydrogens is 358 g/mol. The first-order valence-electron chi connectivity index (χ1n) is 9.63. The second-order valence-electron chi connectivity index (χ2n) is 7.73. The number of halogens is 1. The highest BCUT2D eigenvalue weighted by Gasteiger charge is 2.36. The molecule has 1 aromatic heterocycles. The van der Waals surface area contributed by atoms with E-state index in [1.165, 1.54) is 0 Å². The molecule has 4 nitrogen and oxygen atoms in total. The number of nitrogens with zero attached hydrogens (tertiary/aromatic N) is 3. The van der Waals surface area contributed by atoms with Gasteiger partial charge in [-0.3, -0.25) is 9.36 Å². The van der Waals surface area contributed by atoms with Crippen LogP contribution < -0.4 is 5.56 Å². The van der Waals surface area contributed by atoms with Gasteiger partial charge in [0.15, 0.2) is 0 Å². The second kappa shape index (κ2) is 6.47. The maximum atomic E-state index is 13.2. The van der Waals surface area contributed by atoms with Crippen molar-refractivity contribution < 1.29 is 0 Å². The van der Waals surface area contributed by atoms with Gasteiger partial charge in [0.25, 0.3) is 5.56 Å². The van der Waals surface area contributed by atoms with E-state index in [0.29, 0.717) is 22.4 Å². The molecule has 0 radical (unpaired) electrons. The van der Waals surface area contributed by atoms with E-state index in [1.54, 1.807) is 6.07 Å². The van der Waals surface area contributed by atoms with E-state index < -0.39 is 0 Å². The van der Waals surface area contributed by atoms with Gasteiger partial charge in [-0.15, -0.1) is 0 Å². The van der Waals surface area contributed by atoms with Crippen molar-refractivity contribution in [3.05, 3.63) is 63.7 Å². The van der Waals surface area contributed by atoms with Crippen molar-refractivity contribution in [3.8, 4) is 11.1 Å². The molecule has 0 unspecified atom stereocenters. The molecule has 0 aliphatic carbocycles. The molecule has 138 valence electrons. The molecular formula is C22H22ClN3O. The molecule has 0 saturated carbocycles. The van der Waals surface area contributed by atoms with Gasteiger partial charge in [0.05, 0.1) is 10.9 Å². The van der Waals surface area contributed by atoms with Crippen LogP contribution in [-0.4, -0.2) is 34.1 Å². The third-order valence-electron chi connectivity index (χ3n) is 6.19. The van der Waals surface area contributed by atoms with Crippen LogP contribution in [0.1, 0.15) is 31.0 Å². The molecule has 27 heavy (non-hydrogen) atoms. The Bertz CT molecular complexity index is 1080. The van der Waals surface area contributed by atoms with Crippen LogP contribution in [0, 0.1) is 0 Å². The topological polar surface area (TPSA) is 38.1 Å². The van der Waals surface area contributed by atoms with Crippen LogP contribution in [0.3, 0.4) is 0 Å². The van der Waals surface area contributed by atoms with Gasteiger partial charge in [0.1, 0.15) is 5.82 Å². The highest BCUT2D eigenvalue weighted by molar-refractivity contribution is 6.34. The summed E-state index contributed by atoms with van der Waals surface area (Å²) in [5.41, 5.74) is 2.76. The predicted molar refractivity (Wildman–Crippen MR) is 109 cm³/mol. The van der Waals surface area contributed by atoms with Gasteiger partial charge in [0, 0.05) is 29.1 Å². The Balaban J connectivity index is 1.72. The molecule has 0 amide bonds. The number of benzene rings is 2. The fourth-order valence-electron chi connectivity index (χ4n) is 4.81. The summed E-state index contributed by atoms with van der Waals surface area (Å²) in [5.74, 6) is 1.29. The van der Waals surface area contributed by atoms with Gasteiger partial charge in [-0.25, -0.2) is 4.98 Å². The summed E-state index contributed by atoms with van der Waals surface area (Å²) in [6.07, 6.45) is 3.27. The van der Waals surface area contributed by atoms with E-state index in [0.717, 1.165) is 54.8 Å². The summed E-state index contributed by atoms with van der Waals surface area (Å²) in [7, 11) is 2.19. The lowest BCUT2D eigenvalue weighted by Gasteiger charge is -2.42. The summed E-state index contributed by atoms with van der Waals surface area (Å²) in [4.78, 5) is 20.6. The smallest absolute Gasteiger partial charge is 0.261 e. The number of hydrogen-bond donors (Lipinski definition) is 0. The van der Waals surface area contributed by atoms with Crippen molar-refractivity contribution in [2.24, 2.45) is 0 Å². The monoisotopic (exact) mass is 379 g/mol. The summed E-state index contributed by atoms with van der Waals surface area (Å²) in [6, 6.07) is 14.3. The summed E-state index contributed by atoms with van der Waals surface area (Å²) in [5, 5.41) is 1.21. The summed E-state index contributed by atoms with van der Waals surface area (Å²) < 4.78 is 1.89. The summed E-state index contributed by atoms with van der Waals surface area (Å²) >= 11 is 6.54. The molecule has 0 bridgehead atoms. The van der Waals surface area contributed by atoms with Gasteiger partial charge >= 0.3 is 0 Å². The van der Waals surface area contributed by atoms with Crippen LogP contribution in [0.2, 0.25) is 5.02 Å². The SMILES string of the molecule is CN1CCC[C@H]2c3nc4cc(-c5ccccc5)c(Cl)cc4c(=O)n3CC[C@H]21. The number of likely N-dealkylation sites (N-methyl/N-ethyl adjacent to an activating group) is 1. The van der Waals surface area contributed by atoms with Gasteiger partial charge < -0.3 is 4.90 Å². The van der Waals surface area contributed by atoms with Crippen LogP contribution in [0.4, 0.5) is 0 Å². The fourth-order valence-corrected chi connectivity index (χ4v) is 5.08. The van der Waals surface area contributed by atoms with Crippen molar-refractivity contribution in [1.29, 1.82) is 0 Å². The Kier molecular flexibility index (Phi) is 4.06. The average molecular weight is 380 g/mol. The van der Waals surface area contributed by atoms with Crippen molar-refractivity contribution in [2.45, 2.75) is 37.8 Å². The van der Waals surface area contributed by atoms with E-state index in [2.05, 4.69) is 11.9 Å². The average Bonchev–Trinajstić information content (AvgIpc) is 2.69. The van der Waals surface area contributed by atoms with Gasteiger partial charge in [-0.2, -0.15) is 0 Å². The van der Waals surface area contributed by atoms with Gasteiger partial charge in [0.2, 0.25) is 0 Å². The standard InChI is InChI=1S/C22H22ClN3O/c1-25-10-5-8-15-20(25)9-11-26-21(15)24-19-13-16(14-6-3-2-4-7-14)18(23)12-17(19)22(26)27/h2-4,6-7,12-13,15,20H,5,8-11H2,1H3/t15-,20-/m1/s1. The van der Waals surface area contributed by atoms with E-state index >= 15 is 0 Å². The Hall–Kier alpha value is -2.17. The van der Waals surface area contributed by atoms with E-state index in [4.69, 9.17) is 16.6 Å². The molecule has 2 aromatic carbocycles. The lowest BCUT2D eigenvalue weighted by atomic mass is 9.84. The maximum Gasteiger partial charge on any atom is 0.261 e. The molecule has 0 N–H and O–H groups in total. The Morgan fingerprint density at radius 1 is 1.11 bits per heavy atom. The fraction of sp³-hybridized carbons (Fsp3) is 0.364. The lowest BCUT2D eigenvalue weighted by molar-refractivity contribution is 0.123. The maximum absolute atomic E-state index is 13.2. The summed E-state index contributed by atoms with van der Waals surface area (Å²) in [6.45, 7) is 1.87. The van der Waals surface area contributed by atoms with E-state index in [-0.39, 0.29) is 5.56 Å². The minimum atomic E-state index is 0.0446. The molecule has 2 atom stereocenters. The minimum absolute atomic E-state index is 0.0446. The zero-order valence-corrected chi connectivity index (χ0v) is 16.1. The highest BCUT2D eigenvalue weighted by atomic mass is 35.5. The van der Waals surface area contributed by atoms with Crippen LogP contribution in [-0.2, 0) is 6.54 Å². The van der Waals surface area contributed by atoms with Gasteiger partial charge in [-0.1, -0.05) is 41.9 Å². The number of piperidine rings is 1. The van der Waals surface area contributed by atoms with Crippen LogP contribution >= 0.6 is 11.6 Å². The van der Waals surface area contributed by atoms with Crippen LogP contribution in [0.5, 0.6) is 0 Å². The van der Waals surface area contributed by atoms with Crippen LogP contribution in [0.15, 0.2) is 47.3 Å². The van der Waals surface area contributed by atoms with Crippen molar-refractivity contribution >= 4 is 22.5 Å². The van der Waals surface area contributed by atoms with Gasteiger partial charge in [-0.05, 0) is 50.6 Å². The molecule has 0 spiro atoms. The number of hydrogen-bond acceptors (Lipinski definition) is 3. The Morgan fingerprint density at radius 2 is 1.93 bits per heavy atom. The molecule has 2 aliphatic rings. The molecule has 1 saturated heterocycles. The zero-order chi connectivity index (χ0) is 18.5. The third-order valence-corrected chi connectivity index (χ3v) is 6.51. The van der Waals surface area contributed by atoms with Crippen molar-refractivity contribution in [1.82, 2.24) is 14.5 Å². The molecule has 2 aliphatic heterocycles. The number of fused-ring (bicyclic) bond motifs is 4. The Morgan fingerprint density at radius 3 is 2.74 bits per heavy atom. The first-order chi connectivity index (χ1) is 13.1. The molecule has 3 aromatic rings. The first kappa shape index (κ1) is 17.0. The van der Waals surface area contributed by atoms with Crippen LogP contribution in [0.25, 0.3) is 22.0 Å². The number of likely N-dealkylation sites (tertiary alicyclic amines) is 1. The van der Waals surface area contributed by atoms with Crippen molar-refractivity contribution in [2.75, 3.05) is 13.6 Å². The van der Waals surface area contributed by atoms with E-state index in [1.807, 2.05) is 41.0 Å². The first-order valence-corrected chi connectivity index (χ1v) is 10.0. The zero-order valence-electron chi connectivity index (χ0n) is 15.4. The largest absolute Gasteiger partial charge is 0.303 e. The Labute approximate surface area is 163 Å². The van der Waals surface area contributed by atoms with Crippen molar-refractivity contribution in [3.63, 3.8) is 0 Å².